The van der Waals surface area contributed by atoms with Crippen molar-refractivity contribution in [2.75, 3.05) is 18.9 Å². The summed E-state index contributed by atoms with van der Waals surface area (Å²) in [6, 6.07) is 23.9. The van der Waals surface area contributed by atoms with Gasteiger partial charge in [-0.25, -0.2) is 8.78 Å². The molecule has 2 unspecified atom stereocenters. The van der Waals surface area contributed by atoms with Crippen LogP contribution < -0.4 is 15.6 Å². The van der Waals surface area contributed by atoms with Crippen LogP contribution in [-0.4, -0.2) is 29.4 Å². The van der Waals surface area contributed by atoms with Gasteiger partial charge in [-0.1, -0.05) is 54.6 Å². The van der Waals surface area contributed by atoms with Crippen LogP contribution in [0.15, 0.2) is 107 Å². The van der Waals surface area contributed by atoms with Gasteiger partial charge in [0.15, 0.2) is 0 Å². The van der Waals surface area contributed by atoms with E-state index in [9.17, 15) is 22.8 Å². The summed E-state index contributed by atoms with van der Waals surface area (Å²) in [7, 11) is 0. The Bertz CT molecular complexity index is 2140. The Morgan fingerprint density at radius 3 is 2.32 bits per heavy atom. The van der Waals surface area contributed by atoms with Crippen molar-refractivity contribution in [2.24, 2.45) is 0 Å². The molecule has 0 saturated carbocycles. The summed E-state index contributed by atoms with van der Waals surface area (Å²) in [5, 5.41) is 3.87. The van der Waals surface area contributed by atoms with Gasteiger partial charge < -0.3 is 14.8 Å². The predicted octanol–water partition coefficient (Wildman–Crippen LogP) is 9.82. The van der Waals surface area contributed by atoms with Gasteiger partial charge in [-0.15, -0.1) is 11.8 Å². The average molecular weight is 749 g/mol. The fourth-order valence-electron chi connectivity index (χ4n) is 6.72. The van der Waals surface area contributed by atoms with Crippen molar-refractivity contribution in [1.82, 2.24) is 9.88 Å². The third kappa shape index (κ3) is 8.34. The van der Waals surface area contributed by atoms with Crippen molar-refractivity contribution in [3.05, 3.63) is 147 Å². The molecular formula is C41H37F5N2O4S. The van der Waals surface area contributed by atoms with Gasteiger partial charge >= 0.3 is 12.1 Å². The molecular weight excluding hydrogens is 712 g/mol. The Kier molecular flexibility index (Phi) is 11.7. The molecule has 1 N–H and O–H groups in total. The summed E-state index contributed by atoms with van der Waals surface area (Å²) in [6.45, 7) is 3.94. The molecule has 0 aliphatic carbocycles. The molecule has 276 valence electrons. The predicted molar refractivity (Wildman–Crippen MR) is 194 cm³/mol. The number of carbonyl (C=O) groups is 1. The first-order valence-electron chi connectivity index (χ1n) is 17.2. The van der Waals surface area contributed by atoms with Gasteiger partial charge in [-0.3, -0.25) is 14.2 Å². The molecule has 53 heavy (non-hydrogen) atoms. The SMILES string of the molecule is CCOC(=O)CCCNC(c1ccccc1)C1CSc2c(Cc3c(F)cccc3C(F)(F)F)c(C)c(-c3ccc(Oc4ccccc4)cc3F)c(=O)n21. The molecule has 0 saturated heterocycles. The Hall–Kier alpha value is -4.94. The van der Waals surface area contributed by atoms with Crippen LogP contribution >= 0.6 is 11.8 Å². The molecule has 0 amide bonds. The minimum absolute atomic E-state index is 0.0426. The maximum Gasteiger partial charge on any atom is 0.416 e. The Balaban J connectivity index is 1.49. The van der Waals surface area contributed by atoms with Crippen LogP contribution in [0.1, 0.15) is 59.7 Å². The number of para-hydroxylation sites is 1. The monoisotopic (exact) mass is 748 g/mol. The van der Waals surface area contributed by atoms with Gasteiger partial charge in [0, 0.05) is 35.8 Å². The number of alkyl halides is 3. The number of hydrogen-bond donors (Lipinski definition) is 1. The molecule has 0 radical (unpaired) electrons. The maximum atomic E-state index is 16.1. The van der Waals surface area contributed by atoms with Crippen LogP contribution in [0.5, 0.6) is 11.5 Å². The first-order chi connectivity index (χ1) is 25.5. The number of hydrogen-bond acceptors (Lipinski definition) is 6. The number of rotatable bonds is 13. The Morgan fingerprint density at radius 2 is 1.64 bits per heavy atom. The molecule has 5 aromatic rings. The van der Waals surface area contributed by atoms with Gasteiger partial charge in [0.1, 0.15) is 23.1 Å². The number of carbonyl (C=O) groups excluding carboxylic acids is 1. The number of esters is 1. The lowest BCUT2D eigenvalue weighted by Gasteiger charge is -2.28. The highest BCUT2D eigenvalue weighted by Gasteiger charge is 2.38. The molecule has 0 fully saturated rings. The van der Waals surface area contributed by atoms with Gasteiger partial charge in [-0.2, -0.15) is 13.2 Å². The van der Waals surface area contributed by atoms with E-state index in [0.717, 1.165) is 29.8 Å². The molecule has 4 aromatic carbocycles. The number of halogens is 5. The number of thioether (sulfide) groups is 1. The van der Waals surface area contributed by atoms with Crippen LogP contribution in [0.25, 0.3) is 11.1 Å². The highest BCUT2D eigenvalue weighted by molar-refractivity contribution is 7.99. The van der Waals surface area contributed by atoms with E-state index >= 15 is 8.78 Å². The maximum absolute atomic E-state index is 16.1. The van der Waals surface area contributed by atoms with Crippen molar-refractivity contribution in [3.63, 3.8) is 0 Å². The molecule has 2 heterocycles. The van der Waals surface area contributed by atoms with E-state index in [0.29, 0.717) is 35.1 Å². The van der Waals surface area contributed by atoms with Crippen molar-refractivity contribution in [1.29, 1.82) is 0 Å². The van der Waals surface area contributed by atoms with E-state index in [1.54, 1.807) is 38.1 Å². The van der Waals surface area contributed by atoms with Gasteiger partial charge in [0.25, 0.3) is 5.56 Å². The van der Waals surface area contributed by atoms with E-state index in [-0.39, 0.29) is 41.4 Å². The highest BCUT2D eigenvalue weighted by Crippen LogP contribution is 2.45. The third-order valence-electron chi connectivity index (χ3n) is 9.20. The van der Waals surface area contributed by atoms with Crippen LogP contribution in [0.2, 0.25) is 0 Å². The van der Waals surface area contributed by atoms with E-state index in [4.69, 9.17) is 9.47 Å². The largest absolute Gasteiger partial charge is 0.466 e. The Labute approximate surface area is 308 Å². The number of nitrogens with one attached hydrogen (secondary N) is 1. The van der Waals surface area contributed by atoms with Crippen molar-refractivity contribution < 1.29 is 36.2 Å². The van der Waals surface area contributed by atoms with Crippen molar-refractivity contribution in [2.45, 2.75) is 56.4 Å². The summed E-state index contributed by atoms with van der Waals surface area (Å²) >= 11 is 1.29. The minimum atomic E-state index is -4.84. The number of fused-ring (bicyclic) bond motifs is 1. The van der Waals surface area contributed by atoms with Gasteiger partial charge in [-0.05, 0) is 79.9 Å². The lowest BCUT2D eigenvalue weighted by Crippen LogP contribution is -2.36. The van der Waals surface area contributed by atoms with Gasteiger partial charge in [0.05, 0.1) is 34.8 Å². The smallest absolute Gasteiger partial charge is 0.416 e. The second-order valence-corrected chi connectivity index (χ2v) is 13.6. The topological polar surface area (TPSA) is 69.6 Å². The van der Waals surface area contributed by atoms with Crippen molar-refractivity contribution in [3.8, 4) is 22.6 Å². The molecule has 0 spiro atoms. The lowest BCUT2D eigenvalue weighted by atomic mass is 9.91. The summed E-state index contributed by atoms with van der Waals surface area (Å²) in [5.41, 5.74) is -0.959. The van der Waals surface area contributed by atoms with Crippen LogP contribution in [-0.2, 0) is 22.1 Å². The third-order valence-corrected chi connectivity index (χ3v) is 10.4. The zero-order valence-electron chi connectivity index (χ0n) is 29.0. The second-order valence-electron chi connectivity index (χ2n) is 12.6. The first-order valence-corrected chi connectivity index (χ1v) is 18.2. The number of ether oxygens (including phenoxy) is 2. The standard InChI is InChI=1S/C41H37F5N2O4S/c1-3-51-36(49)18-11-21-47-38(26-12-6-4-7-13-26)35-24-53-40-30(23-31-32(41(44,45)46)16-10-17-33(31)42)25(2)37(39(50)48(35)40)29-20-19-28(22-34(29)43)52-27-14-8-5-9-15-27/h4-10,12-17,19-20,22,35,38,47H,3,11,18,21,23-24H2,1-2H3. The van der Waals surface area contributed by atoms with Gasteiger partial charge in [0.2, 0.25) is 0 Å². The Morgan fingerprint density at radius 1 is 0.925 bits per heavy atom. The molecule has 1 aliphatic rings. The summed E-state index contributed by atoms with van der Waals surface area (Å²) < 4.78 is 86.6. The average Bonchev–Trinajstić information content (AvgIpc) is 3.57. The number of nitrogens with zero attached hydrogens (tertiary/aromatic N) is 1. The fraction of sp³-hybridized carbons (Fsp3) is 0.268. The highest BCUT2D eigenvalue weighted by atomic mass is 32.2. The lowest BCUT2D eigenvalue weighted by molar-refractivity contribution is -0.143. The molecule has 6 nitrogen and oxygen atoms in total. The zero-order valence-corrected chi connectivity index (χ0v) is 29.8. The summed E-state index contributed by atoms with van der Waals surface area (Å²) in [6.07, 6.45) is -4.70. The van der Waals surface area contributed by atoms with E-state index in [2.05, 4.69) is 5.32 Å². The van der Waals surface area contributed by atoms with E-state index < -0.39 is 53.0 Å². The number of pyridine rings is 1. The first kappa shape index (κ1) is 37.8. The summed E-state index contributed by atoms with van der Waals surface area (Å²) in [4.78, 5) is 26.8. The molecule has 1 aromatic heterocycles. The molecule has 12 heteroatoms. The second kappa shape index (κ2) is 16.4. The van der Waals surface area contributed by atoms with E-state index in [1.807, 2.05) is 36.4 Å². The van der Waals surface area contributed by atoms with Crippen LogP contribution in [0, 0.1) is 18.6 Å². The zero-order chi connectivity index (χ0) is 37.7. The molecule has 1 aliphatic heterocycles. The quantitative estimate of drug-likeness (QED) is 0.0735. The summed E-state index contributed by atoms with van der Waals surface area (Å²) in [5.74, 6) is -1.15. The minimum Gasteiger partial charge on any atom is -0.466 e. The molecule has 2 atom stereocenters. The van der Waals surface area contributed by atoms with Crippen LogP contribution in [0.3, 0.4) is 0 Å². The van der Waals surface area contributed by atoms with Crippen LogP contribution in [0.4, 0.5) is 22.0 Å². The van der Waals surface area contributed by atoms with E-state index in [1.165, 1.54) is 28.5 Å². The number of aromatic nitrogens is 1. The molecule has 6 rings (SSSR count). The van der Waals surface area contributed by atoms with Crippen molar-refractivity contribution >= 4 is 17.7 Å². The normalized spacial score (nSPS) is 14.5. The number of benzene rings is 4. The molecule has 0 bridgehead atoms. The fourth-order valence-corrected chi connectivity index (χ4v) is 8.15.